The largest absolute Gasteiger partial charge is 0.495 e. The van der Waals surface area contributed by atoms with Gasteiger partial charge in [-0.25, -0.2) is 0 Å². The van der Waals surface area contributed by atoms with Crippen LogP contribution in [0.15, 0.2) is 29.8 Å². The number of anilines is 1. The highest BCUT2D eigenvalue weighted by Crippen LogP contribution is 2.30. The van der Waals surface area contributed by atoms with Crippen LogP contribution in [0.5, 0.6) is 5.75 Å². The highest BCUT2D eigenvalue weighted by Gasteiger charge is 2.34. The van der Waals surface area contributed by atoms with Gasteiger partial charge in [0.15, 0.2) is 0 Å². The minimum Gasteiger partial charge on any atom is -0.495 e. The van der Waals surface area contributed by atoms with Gasteiger partial charge in [-0.15, -0.1) is 0 Å². The van der Waals surface area contributed by atoms with Crippen LogP contribution in [-0.4, -0.2) is 31.3 Å². The van der Waals surface area contributed by atoms with Gasteiger partial charge in [-0.05, 0) is 24.1 Å². The van der Waals surface area contributed by atoms with Crippen molar-refractivity contribution in [1.29, 1.82) is 0 Å². The molecule has 3 nitrogen and oxygen atoms in total. The molecule has 6 heteroatoms. The van der Waals surface area contributed by atoms with E-state index in [9.17, 15) is 13.2 Å². The van der Waals surface area contributed by atoms with E-state index in [4.69, 9.17) is 10.5 Å². The van der Waals surface area contributed by atoms with Crippen molar-refractivity contribution in [3.8, 4) is 5.75 Å². The molecule has 1 heterocycles. The fourth-order valence-corrected chi connectivity index (χ4v) is 2.25. The second-order valence-electron chi connectivity index (χ2n) is 4.79. The fraction of sp³-hybridized carbons (Fsp3) is 0.429. The Labute approximate surface area is 115 Å². The number of hydrogen-bond donors (Lipinski definition) is 1. The molecular formula is C14H17F3N2O. The summed E-state index contributed by atoms with van der Waals surface area (Å²) in [6.45, 7) is 1.29. The van der Waals surface area contributed by atoms with Gasteiger partial charge in [0.1, 0.15) is 5.75 Å². The van der Waals surface area contributed by atoms with Gasteiger partial charge in [-0.1, -0.05) is 12.1 Å². The smallest absolute Gasteiger partial charge is 0.412 e. The molecule has 1 aromatic carbocycles. The Morgan fingerprint density at radius 2 is 2.10 bits per heavy atom. The van der Waals surface area contributed by atoms with E-state index in [1.165, 1.54) is 6.08 Å². The van der Waals surface area contributed by atoms with Crippen LogP contribution >= 0.6 is 0 Å². The Bertz CT molecular complexity index is 512. The molecule has 0 aromatic heterocycles. The van der Waals surface area contributed by atoms with Gasteiger partial charge in [-0.2, -0.15) is 13.2 Å². The van der Waals surface area contributed by atoms with E-state index in [1.54, 1.807) is 19.2 Å². The lowest BCUT2D eigenvalue weighted by molar-refractivity contribution is -0.0960. The molecule has 20 heavy (non-hydrogen) atoms. The molecule has 1 aliphatic heterocycles. The van der Waals surface area contributed by atoms with E-state index in [0.717, 1.165) is 5.56 Å². The molecule has 0 aliphatic carbocycles. The minimum atomic E-state index is -4.20. The van der Waals surface area contributed by atoms with Crippen molar-refractivity contribution >= 4 is 5.69 Å². The van der Waals surface area contributed by atoms with Crippen LogP contribution in [0.1, 0.15) is 12.0 Å². The van der Waals surface area contributed by atoms with Gasteiger partial charge in [0, 0.05) is 25.2 Å². The molecule has 0 saturated heterocycles. The lowest BCUT2D eigenvalue weighted by Crippen LogP contribution is -2.31. The zero-order valence-electron chi connectivity index (χ0n) is 11.2. The van der Waals surface area contributed by atoms with Gasteiger partial charge in [-0.3, -0.25) is 4.90 Å². The Morgan fingerprint density at radius 3 is 2.60 bits per heavy atom. The monoisotopic (exact) mass is 286 g/mol. The summed E-state index contributed by atoms with van der Waals surface area (Å²) in [5, 5.41) is 0. The number of ether oxygens (including phenoxy) is 1. The first-order valence-electron chi connectivity index (χ1n) is 6.31. The number of rotatable bonds is 3. The van der Waals surface area contributed by atoms with E-state index < -0.39 is 11.7 Å². The molecule has 0 bridgehead atoms. The molecule has 0 amide bonds. The quantitative estimate of drug-likeness (QED) is 0.686. The summed E-state index contributed by atoms with van der Waals surface area (Å²) < 4.78 is 42.6. The molecule has 0 unspecified atom stereocenters. The number of methoxy groups -OCH3 is 1. The molecule has 2 N–H and O–H groups in total. The molecule has 0 radical (unpaired) electrons. The minimum absolute atomic E-state index is 0.0368. The van der Waals surface area contributed by atoms with Crippen LogP contribution in [0, 0.1) is 0 Å². The van der Waals surface area contributed by atoms with Crippen molar-refractivity contribution in [2.75, 3.05) is 25.9 Å². The molecule has 0 atom stereocenters. The summed E-state index contributed by atoms with van der Waals surface area (Å²) in [7, 11) is 1.54. The number of alkyl halides is 3. The highest BCUT2D eigenvalue weighted by molar-refractivity contribution is 5.54. The summed E-state index contributed by atoms with van der Waals surface area (Å²) in [6, 6.07) is 5.44. The Balaban J connectivity index is 1.99. The first-order chi connectivity index (χ1) is 9.40. The predicted molar refractivity (Wildman–Crippen MR) is 71.4 cm³/mol. The van der Waals surface area contributed by atoms with Crippen LogP contribution in [0.4, 0.5) is 18.9 Å². The molecule has 0 saturated carbocycles. The number of hydrogen-bond acceptors (Lipinski definition) is 3. The van der Waals surface area contributed by atoms with Crippen LogP contribution in [0.3, 0.4) is 0 Å². The lowest BCUT2D eigenvalue weighted by atomic mass is 10.1. The number of benzene rings is 1. The first-order valence-corrected chi connectivity index (χ1v) is 6.31. The van der Waals surface area contributed by atoms with E-state index in [0.29, 0.717) is 31.1 Å². The van der Waals surface area contributed by atoms with Crippen LogP contribution in [-0.2, 0) is 6.54 Å². The third-order valence-electron chi connectivity index (χ3n) is 3.36. The first kappa shape index (κ1) is 14.7. The number of nitrogens with zero attached hydrogens (tertiary/aromatic N) is 1. The van der Waals surface area contributed by atoms with E-state index in [-0.39, 0.29) is 6.42 Å². The molecule has 110 valence electrons. The molecular weight excluding hydrogens is 269 g/mol. The van der Waals surface area contributed by atoms with Gasteiger partial charge in [0.2, 0.25) is 0 Å². The van der Waals surface area contributed by atoms with Crippen LogP contribution in [0.2, 0.25) is 0 Å². The SMILES string of the molecule is COc1ccc(CN2CC=C(C(F)(F)F)CC2)cc1N. The number of nitrogens with two attached hydrogens (primary N) is 1. The third kappa shape index (κ3) is 3.45. The van der Waals surface area contributed by atoms with E-state index in [1.807, 2.05) is 11.0 Å². The maximum absolute atomic E-state index is 12.5. The van der Waals surface area contributed by atoms with Crippen LogP contribution < -0.4 is 10.5 Å². The summed E-state index contributed by atoms with van der Waals surface area (Å²) >= 11 is 0. The maximum atomic E-state index is 12.5. The predicted octanol–water partition coefficient (Wildman–Crippen LogP) is 2.97. The molecule has 1 aliphatic rings. The van der Waals surface area contributed by atoms with Gasteiger partial charge >= 0.3 is 6.18 Å². The maximum Gasteiger partial charge on any atom is 0.412 e. The third-order valence-corrected chi connectivity index (χ3v) is 3.36. The molecule has 0 spiro atoms. The topological polar surface area (TPSA) is 38.5 Å². The van der Waals surface area contributed by atoms with Crippen molar-refractivity contribution in [2.24, 2.45) is 0 Å². The van der Waals surface area contributed by atoms with Crippen molar-refractivity contribution in [2.45, 2.75) is 19.1 Å². The second-order valence-corrected chi connectivity index (χ2v) is 4.79. The van der Waals surface area contributed by atoms with E-state index >= 15 is 0 Å². The summed E-state index contributed by atoms with van der Waals surface area (Å²) in [5.41, 5.74) is 6.88. The molecule has 2 rings (SSSR count). The molecule has 1 aromatic rings. The second kappa shape index (κ2) is 5.75. The van der Waals surface area contributed by atoms with Crippen molar-refractivity contribution in [3.05, 3.63) is 35.4 Å². The zero-order chi connectivity index (χ0) is 14.8. The number of nitrogen functional groups attached to an aromatic ring is 1. The zero-order valence-corrected chi connectivity index (χ0v) is 11.2. The van der Waals surface area contributed by atoms with Crippen molar-refractivity contribution < 1.29 is 17.9 Å². The van der Waals surface area contributed by atoms with Gasteiger partial charge < -0.3 is 10.5 Å². The highest BCUT2D eigenvalue weighted by atomic mass is 19.4. The summed E-state index contributed by atoms with van der Waals surface area (Å²) in [4.78, 5) is 1.95. The van der Waals surface area contributed by atoms with Crippen LogP contribution in [0.25, 0.3) is 0 Å². The van der Waals surface area contributed by atoms with Crippen molar-refractivity contribution in [1.82, 2.24) is 4.90 Å². The Morgan fingerprint density at radius 1 is 1.35 bits per heavy atom. The van der Waals surface area contributed by atoms with Gasteiger partial charge in [0.05, 0.1) is 12.8 Å². The molecule has 0 fully saturated rings. The average molecular weight is 286 g/mol. The average Bonchev–Trinajstić information content (AvgIpc) is 2.38. The summed E-state index contributed by atoms with van der Waals surface area (Å²) in [6.07, 6.45) is -2.90. The fourth-order valence-electron chi connectivity index (χ4n) is 2.25. The van der Waals surface area contributed by atoms with E-state index in [2.05, 4.69) is 0 Å². The standard InChI is InChI=1S/C14H17F3N2O/c1-20-13-3-2-10(8-12(13)18)9-19-6-4-11(5-7-19)14(15,16)17/h2-4,8H,5-7,9,18H2,1H3. The Kier molecular flexibility index (Phi) is 4.23. The lowest BCUT2D eigenvalue weighted by Gasteiger charge is -2.27. The Hall–Kier alpha value is -1.69. The van der Waals surface area contributed by atoms with Gasteiger partial charge in [0.25, 0.3) is 0 Å². The normalized spacial score (nSPS) is 16.9. The van der Waals surface area contributed by atoms with Crippen molar-refractivity contribution in [3.63, 3.8) is 0 Å². The number of halogens is 3. The summed E-state index contributed by atoms with van der Waals surface area (Å²) in [5.74, 6) is 0.603.